The van der Waals surface area contributed by atoms with E-state index in [9.17, 15) is 14.7 Å². The molecule has 2 aromatic rings. The molecule has 0 bridgehead atoms. The van der Waals surface area contributed by atoms with Crippen LogP contribution >= 0.6 is 0 Å². The van der Waals surface area contributed by atoms with E-state index >= 15 is 0 Å². The summed E-state index contributed by atoms with van der Waals surface area (Å²) in [6.07, 6.45) is 2.72. The van der Waals surface area contributed by atoms with Crippen LogP contribution in [-0.2, 0) is 11.3 Å². The molecule has 5 nitrogen and oxygen atoms in total. The number of hydrogen-bond donors (Lipinski definition) is 2. The molecular weight excluding hydrogens is 244 g/mol. The van der Waals surface area contributed by atoms with Crippen molar-refractivity contribution in [3.05, 3.63) is 48.3 Å². The van der Waals surface area contributed by atoms with Crippen LogP contribution in [0.5, 0.6) is 5.75 Å². The summed E-state index contributed by atoms with van der Waals surface area (Å²) in [6.45, 7) is 0.417. The zero-order valence-corrected chi connectivity index (χ0v) is 10.2. The first kappa shape index (κ1) is 12.9. The fraction of sp³-hybridized carbons (Fsp3) is 0.143. The largest absolute Gasteiger partial charge is 0.506 e. The quantitative estimate of drug-likeness (QED) is 0.636. The van der Waals surface area contributed by atoms with Crippen molar-refractivity contribution in [1.29, 1.82) is 0 Å². The zero-order chi connectivity index (χ0) is 13.7. The fourth-order valence-electron chi connectivity index (χ4n) is 1.75. The summed E-state index contributed by atoms with van der Waals surface area (Å²) in [4.78, 5) is 22.4. The molecule has 0 aliphatic heterocycles. The van der Waals surface area contributed by atoms with Gasteiger partial charge in [-0.15, -0.1) is 0 Å². The molecule has 0 saturated carbocycles. The lowest BCUT2D eigenvalue weighted by molar-refractivity contribution is -0.116. The second kappa shape index (κ2) is 5.86. The van der Waals surface area contributed by atoms with Crippen LogP contribution in [0.1, 0.15) is 16.9 Å². The molecule has 0 unspecified atom stereocenters. The van der Waals surface area contributed by atoms with Gasteiger partial charge in [-0.1, -0.05) is 12.1 Å². The molecule has 0 aliphatic rings. The Morgan fingerprint density at radius 3 is 2.79 bits per heavy atom. The Kier molecular flexibility index (Phi) is 3.97. The number of hydrogen-bond acceptors (Lipinski definition) is 3. The highest BCUT2D eigenvalue weighted by atomic mass is 16.3. The monoisotopic (exact) mass is 258 g/mol. The third-order valence-corrected chi connectivity index (χ3v) is 2.74. The van der Waals surface area contributed by atoms with Gasteiger partial charge in [-0.3, -0.25) is 9.59 Å². The number of anilines is 1. The van der Waals surface area contributed by atoms with Crippen LogP contribution < -0.4 is 5.32 Å². The second-order valence-corrected chi connectivity index (χ2v) is 4.06. The molecular formula is C14H14N2O3. The van der Waals surface area contributed by atoms with Crippen LogP contribution in [0.3, 0.4) is 0 Å². The molecule has 1 heterocycles. The summed E-state index contributed by atoms with van der Waals surface area (Å²) in [5, 5.41) is 12.1. The van der Waals surface area contributed by atoms with Gasteiger partial charge >= 0.3 is 0 Å². The molecule has 2 rings (SSSR count). The number of benzene rings is 1. The normalized spacial score (nSPS) is 10.1. The van der Waals surface area contributed by atoms with Gasteiger partial charge in [0, 0.05) is 19.2 Å². The maximum absolute atomic E-state index is 11.7. The van der Waals surface area contributed by atoms with Crippen LogP contribution in [0.4, 0.5) is 5.69 Å². The van der Waals surface area contributed by atoms with Gasteiger partial charge in [-0.25, -0.2) is 0 Å². The average Bonchev–Trinajstić information content (AvgIpc) is 2.86. The van der Waals surface area contributed by atoms with E-state index in [1.807, 2.05) is 0 Å². The van der Waals surface area contributed by atoms with Crippen LogP contribution in [0.15, 0.2) is 42.6 Å². The van der Waals surface area contributed by atoms with Crippen molar-refractivity contribution < 1.29 is 14.7 Å². The number of amides is 1. The number of nitrogens with one attached hydrogen (secondary N) is 1. The van der Waals surface area contributed by atoms with Gasteiger partial charge < -0.3 is 15.0 Å². The topological polar surface area (TPSA) is 71.3 Å². The van der Waals surface area contributed by atoms with Crippen molar-refractivity contribution in [3.8, 4) is 5.75 Å². The van der Waals surface area contributed by atoms with Gasteiger partial charge in [0.15, 0.2) is 6.29 Å². The number of carbonyl (C=O) groups is 2. The Hall–Kier alpha value is -2.56. The standard InChI is InChI=1S/C14H14N2O3/c17-10-11-4-3-8-16(11)9-7-14(19)15-12-5-1-2-6-13(12)18/h1-6,8,10,18H,7,9H2,(H,15,19). The van der Waals surface area contributed by atoms with Crippen molar-refractivity contribution in [2.75, 3.05) is 5.32 Å². The Balaban J connectivity index is 1.92. The lowest BCUT2D eigenvalue weighted by Gasteiger charge is -2.08. The Labute approximate surface area is 110 Å². The number of para-hydroxylation sites is 2. The van der Waals surface area contributed by atoms with Gasteiger partial charge in [-0.2, -0.15) is 0 Å². The van der Waals surface area contributed by atoms with Crippen molar-refractivity contribution in [1.82, 2.24) is 4.57 Å². The number of rotatable bonds is 5. The lowest BCUT2D eigenvalue weighted by Crippen LogP contribution is -2.15. The van der Waals surface area contributed by atoms with E-state index in [2.05, 4.69) is 5.32 Å². The number of phenols is 1. The van der Waals surface area contributed by atoms with Gasteiger partial charge in [0.2, 0.25) is 5.91 Å². The minimum atomic E-state index is -0.216. The van der Waals surface area contributed by atoms with Crippen LogP contribution in [0.2, 0.25) is 0 Å². The SMILES string of the molecule is O=Cc1cccn1CCC(=O)Nc1ccccc1O. The number of aldehydes is 1. The first-order chi connectivity index (χ1) is 9.20. The number of aromatic nitrogens is 1. The molecule has 2 N–H and O–H groups in total. The summed E-state index contributed by atoms with van der Waals surface area (Å²) in [5.74, 6) is -0.183. The summed E-state index contributed by atoms with van der Waals surface area (Å²) in [5.41, 5.74) is 0.922. The molecule has 5 heteroatoms. The Morgan fingerprint density at radius 1 is 1.26 bits per heavy atom. The first-order valence-electron chi connectivity index (χ1n) is 5.89. The molecule has 1 amide bonds. The van der Waals surface area contributed by atoms with Gasteiger partial charge in [0.05, 0.1) is 11.4 Å². The van der Waals surface area contributed by atoms with Crippen molar-refractivity contribution in [2.24, 2.45) is 0 Å². The fourth-order valence-corrected chi connectivity index (χ4v) is 1.75. The van der Waals surface area contributed by atoms with Crippen LogP contribution in [0, 0.1) is 0 Å². The molecule has 98 valence electrons. The van der Waals surface area contributed by atoms with Gasteiger partial charge in [-0.05, 0) is 24.3 Å². The predicted octanol–water partition coefficient (Wildman–Crippen LogP) is 2.03. The van der Waals surface area contributed by atoms with Crippen LogP contribution in [-0.4, -0.2) is 21.9 Å². The van der Waals surface area contributed by atoms with Gasteiger partial charge in [0.1, 0.15) is 5.75 Å². The minimum absolute atomic E-state index is 0.0328. The van der Waals surface area contributed by atoms with Crippen molar-refractivity contribution in [2.45, 2.75) is 13.0 Å². The molecule has 0 atom stereocenters. The number of nitrogens with zero attached hydrogens (tertiary/aromatic N) is 1. The summed E-state index contributed by atoms with van der Waals surface area (Å²) >= 11 is 0. The second-order valence-electron chi connectivity index (χ2n) is 4.06. The van der Waals surface area contributed by atoms with E-state index in [0.717, 1.165) is 6.29 Å². The highest BCUT2D eigenvalue weighted by Crippen LogP contribution is 2.21. The van der Waals surface area contributed by atoms with E-state index in [1.165, 1.54) is 6.07 Å². The molecule has 1 aromatic carbocycles. The molecule has 0 radical (unpaired) electrons. The predicted molar refractivity (Wildman–Crippen MR) is 71.2 cm³/mol. The third kappa shape index (κ3) is 3.22. The maximum atomic E-state index is 11.7. The molecule has 0 saturated heterocycles. The van der Waals surface area contributed by atoms with Crippen molar-refractivity contribution >= 4 is 17.9 Å². The highest BCUT2D eigenvalue weighted by Gasteiger charge is 2.07. The van der Waals surface area contributed by atoms with Gasteiger partial charge in [0.25, 0.3) is 0 Å². The summed E-state index contributed by atoms with van der Waals surface area (Å²) in [6, 6.07) is 9.98. The van der Waals surface area contributed by atoms with E-state index < -0.39 is 0 Å². The smallest absolute Gasteiger partial charge is 0.226 e. The lowest BCUT2D eigenvalue weighted by atomic mass is 10.3. The number of phenolic OH excluding ortho intramolecular Hbond substituents is 1. The number of aromatic hydroxyl groups is 1. The molecule has 0 aliphatic carbocycles. The third-order valence-electron chi connectivity index (χ3n) is 2.74. The first-order valence-corrected chi connectivity index (χ1v) is 5.89. The summed E-state index contributed by atoms with van der Waals surface area (Å²) < 4.78 is 1.71. The Bertz CT molecular complexity index is 590. The maximum Gasteiger partial charge on any atom is 0.226 e. The number of aryl methyl sites for hydroxylation is 1. The van der Waals surface area contributed by atoms with E-state index in [-0.39, 0.29) is 18.1 Å². The highest BCUT2D eigenvalue weighted by molar-refractivity contribution is 5.92. The summed E-state index contributed by atoms with van der Waals surface area (Å²) in [7, 11) is 0. The molecule has 1 aromatic heterocycles. The van der Waals surface area contributed by atoms with E-state index in [0.29, 0.717) is 17.9 Å². The zero-order valence-electron chi connectivity index (χ0n) is 10.2. The average molecular weight is 258 g/mol. The molecule has 19 heavy (non-hydrogen) atoms. The van der Waals surface area contributed by atoms with Crippen LogP contribution in [0.25, 0.3) is 0 Å². The Morgan fingerprint density at radius 2 is 2.05 bits per heavy atom. The number of carbonyl (C=O) groups excluding carboxylic acids is 2. The molecule has 0 spiro atoms. The molecule has 0 fully saturated rings. The minimum Gasteiger partial charge on any atom is -0.506 e. The van der Waals surface area contributed by atoms with E-state index in [1.54, 1.807) is 41.1 Å². The van der Waals surface area contributed by atoms with Crippen molar-refractivity contribution in [3.63, 3.8) is 0 Å². The van der Waals surface area contributed by atoms with E-state index in [4.69, 9.17) is 0 Å².